The minimum absolute atomic E-state index is 0.0835. The van der Waals surface area contributed by atoms with Crippen molar-refractivity contribution in [3.63, 3.8) is 0 Å². The maximum Gasteiger partial charge on any atom is 0.253 e. The standard InChI is InChI=1S/C20H27N3O/c1-4-13-23(14-11-18-9-5-6-12-21-18)20(24)17-8-7-10-19(15-17)22-16(2)3/h5-10,12,15-16,22H,4,11,13-14H2,1-3H3. The fourth-order valence-corrected chi connectivity index (χ4v) is 2.64. The second-order valence-electron chi connectivity index (χ2n) is 6.24. The Kier molecular flexibility index (Phi) is 6.79. The summed E-state index contributed by atoms with van der Waals surface area (Å²) in [5.41, 5.74) is 2.73. The molecule has 0 bridgehead atoms. The van der Waals surface area contributed by atoms with Gasteiger partial charge in [-0.1, -0.05) is 19.1 Å². The van der Waals surface area contributed by atoms with Gasteiger partial charge < -0.3 is 10.2 Å². The number of pyridine rings is 1. The largest absolute Gasteiger partial charge is 0.383 e. The normalized spacial score (nSPS) is 10.7. The van der Waals surface area contributed by atoms with Crippen molar-refractivity contribution in [2.24, 2.45) is 0 Å². The van der Waals surface area contributed by atoms with Crippen molar-refractivity contribution in [2.45, 2.75) is 39.7 Å². The van der Waals surface area contributed by atoms with E-state index in [2.05, 4.69) is 31.1 Å². The van der Waals surface area contributed by atoms with Gasteiger partial charge in [-0.05, 0) is 50.6 Å². The number of nitrogens with zero attached hydrogens (tertiary/aromatic N) is 2. The van der Waals surface area contributed by atoms with Crippen molar-refractivity contribution in [3.8, 4) is 0 Å². The molecular weight excluding hydrogens is 298 g/mol. The van der Waals surface area contributed by atoms with E-state index >= 15 is 0 Å². The molecule has 1 amide bonds. The maximum atomic E-state index is 12.9. The number of amides is 1. The zero-order chi connectivity index (χ0) is 17.4. The van der Waals surface area contributed by atoms with Crippen LogP contribution in [0.1, 0.15) is 43.2 Å². The van der Waals surface area contributed by atoms with E-state index in [1.54, 1.807) is 6.20 Å². The first-order valence-electron chi connectivity index (χ1n) is 8.66. The zero-order valence-corrected chi connectivity index (χ0v) is 14.8. The van der Waals surface area contributed by atoms with E-state index in [0.29, 0.717) is 12.6 Å². The fourth-order valence-electron chi connectivity index (χ4n) is 2.64. The summed E-state index contributed by atoms with van der Waals surface area (Å²) < 4.78 is 0. The van der Waals surface area contributed by atoms with E-state index in [-0.39, 0.29) is 5.91 Å². The highest BCUT2D eigenvalue weighted by atomic mass is 16.2. The lowest BCUT2D eigenvalue weighted by atomic mass is 10.1. The Hall–Kier alpha value is -2.36. The first kappa shape index (κ1) is 18.0. The van der Waals surface area contributed by atoms with Gasteiger partial charge in [0.15, 0.2) is 0 Å². The van der Waals surface area contributed by atoms with Gasteiger partial charge in [0.25, 0.3) is 5.91 Å². The molecule has 0 fully saturated rings. The maximum absolute atomic E-state index is 12.9. The highest BCUT2D eigenvalue weighted by Gasteiger charge is 2.15. The quantitative estimate of drug-likeness (QED) is 0.798. The Balaban J connectivity index is 2.07. The van der Waals surface area contributed by atoms with Crippen molar-refractivity contribution >= 4 is 11.6 Å². The molecule has 1 heterocycles. The van der Waals surface area contributed by atoms with Gasteiger partial charge in [0.1, 0.15) is 0 Å². The average Bonchev–Trinajstić information content (AvgIpc) is 2.58. The molecule has 4 nitrogen and oxygen atoms in total. The van der Waals surface area contributed by atoms with Crippen LogP contribution in [-0.4, -0.2) is 34.9 Å². The third kappa shape index (κ3) is 5.37. The van der Waals surface area contributed by atoms with Crippen molar-refractivity contribution in [1.29, 1.82) is 0 Å². The van der Waals surface area contributed by atoms with Crippen LogP contribution in [-0.2, 0) is 6.42 Å². The number of benzene rings is 1. The lowest BCUT2D eigenvalue weighted by molar-refractivity contribution is 0.0757. The number of anilines is 1. The second kappa shape index (κ2) is 9.06. The van der Waals surface area contributed by atoms with Crippen LogP contribution in [0.3, 0.4) is 0 Å². The SMILES string of the molecule is CCCN(CCc1ccccn1)C(=O)c1cccc(NC(C)C)c1. The van der Waals surface area contributed by atoms with E-state index in [4.69, 9.17) is 0 Å². The Morgan fingerprint density at radius 3 is 2.67 bits per heavy atom. The number of rotatable bonds is 8. The molecule has 24 heavy (non-hydrogen) atoms. The first-order chi connectivity index (χ1) is 11.6. The van der Waals surface area contributed by atoms with E-state index in [1.165, 1.54) is 0 Å². The summed E-state index contributed by atoms with van der Waals surface area (Å²) in [5, 5.41) is 3.35. The number of carbonyl (C=O) groups excluding carboxylic acids is 1. The highest BCUT2D eigenvalue weighted by molar-refractivity contribution is 5.95. The summed E-state index contributed by atoms with van der Waals surface area (Å²) in [6, 6.07) is 14.0. The summed E-state index contributed by atoms with van der Waals surface area (Å²) >= 11 is 0. The van der Waals surface area contributed by atoms with Gasteiger partial charge in [-0.3, -0.25) is 9.78 Å². The molecule has 0 saturated carbocycles. The molecule has 0 aliphatic heterocycles. The molecule has 128 valence electrons. The van der Waals surface area contributed by atoms with Gasteiger partial charge in [0.05, 0.1) is 0 Å². The van der Waals surface area contributed by atoms with Crippen molar-refractivity contribution in [1.82, 2.24) is 9.88 Å². The van der Waals surface area contributed by atoms with Crippen molar-refractivity contribution in [2.75, 3.05) is 18.4 Å². The van der Waals surface area contributed by atoms with E-state index in [9.17, 15) is 4.79 Å². The van der Waals surface area contributed by atoms with Crippen LogP contribution in [0.2, 0.25) is 0 Å². The molecule has 0 unspecified atom stereocenters. The van der Waals surface area contributed by atoms with Crippen LogP contribution in [0.15, 0.2) is 48.7 Å². The number of nitrogens with one attached hydrogen (secondary N) is 1. The molecule has 4 heteroatoms. The highest BCUT2D eigenvalue weighted by Crippen LogP contribution is 2.14. The average molecular weight is 325 g/mol. The topological polar surface area (TPSA) is 45.2 Å². The molecule has 0 saturated heterocycles. The van der Waals surface area contributed by atoms with Gasteiger partial charge in [-0.15, -0.1) is 0 Å². The summed E-state index contributed by atoms with van der Waals surface area (Å²) in [4.78, 5) is 19.1. The smallest absolute Gasteiger partial charge is 0.253 e. The third-order valence-electron chi connectivity index (χ3n) is 3.71. The van der Waals surface area contributed by atoms with Gasteiger partial charge in [0.2, 0.25) is 0 Å². The van der Waals surface area contributed by atoms with Crippen LogP contribution in [0.4, 0.5) is 5.69 Å². The van der Waals surface area contributed by atoms with E-state index < -0.39 is 0 Å². The van der Waals surface area contributed by atoms with E-state index in [1.807, 2.05) is 47.4 Å². The van der Waals surface area contributed by atoms with E-state index in [0.717, 1.165) is 36.3 Å². The molecule has 0 aliphatic carbocycles. The molecule has 0 aliphatic rings. The zero-order valence-electron chi connectivity index (χ0n) is 14.8. The Bertz CT molecular complexity index is 640. The minimum Gasteiger partial charge on any atom is -0.383 e. The minimum atomic E-state index is 0.0835. The second-order valence-corrected chi connectivity index (χ2v) is 6.24. The summed E-state index contributed by atoms with van der Waals surface area (Å²) in [7, 11) is 0. The predicted molar refractivity (Wildman–Crippen MR) is 99.3 cm³/mol. The molecule has 0 radical (unpaired) electrons. The Labute approximate surface area is 144 Å². The lowest BCUT2D eigenvalue weighted by Gasteiger charge is -2.22. The van der Waals surface area contributed by atoms with Gasteiger partial charge >= 0.3 is 0 Å². The monoisotopic (exact) mass is 325 g/mol. The molecule has 1 N–H and O–H groups in total. The van der Waals surface area contributed by atoms with Crippen molar-refractivity contribution < 1.29 is 4.79 Å². The van der Waals surface area contributed by atoms with Crippen LogP contribution in [0, 0.1) is 0 Å². The molecular formula is C20H27N3O. The molecule has 0 atom stereocenters. The molecule has 1 aromatic heterocycles. The predicted octanol–water partition coefficient (Wildman–Crippen LogP) is 4.00. The number of hydrogen-bond donors (Lipinski definition) is 1. The van der Waals surface area contributed by atoms with Gasteiger partial charge in [-0.25, -0.2) is 0 Å². The summed E-state index contributed by atoms with van der Waals surface area (Å²) in [6.45, 7) is 7.71. The third-order valence-corrected chi connectivity index (χ3v) is 3.71. The van der Waals surface area contributed by atoms with Gasteiger partial charge in [0, 0.05) is 48.7 Å². The van der Waals surface area contributed by atoms with Crippen LogP contribution < -0.4 is 5.32 Å². The fraction of sp³-hybridized carbons (Fsp3) is 0.400. The Morgan fingerprint density at radius 2 is 2.00 bits per heavy atom. The van der Waals surface area contributed by atoms with Gasteiger partial charge in [-0.2, -0.15) is 0 Å². The number of aromatic nitrogens is 1. The summed E-state index contributed by atoms with van der Waals surface area (Å²) in [6.07, 6.45) is 3.51. The van der Waals surface area contributed by atoms with Crippen LogP contribution >= 0.6 is 0 Å². The first-order valence-corrected chi connectivity index (χ1v) is 8.66. The number of carbonyl (C=O) groups is 1. The lowest BCUT2D eigenvalue weighted by Crippen LogP contribution is -2.33. The number of hydrogen-bond acceptors (Lipinski definition) is 3. The molecule has 2 rings (SSSR count). The van der Waals surface area contributed by atoms with Crippen LogP contribution in [0.25, 0.3) is 0 Å². The molecule has 1 aromatic carbocycles. The van der Waals surface area contributed by atoms with Crippen molar-refractivity contribution in [3.05, 3.63) is 59.9 Å². The molecule has 2 aromatic rings. The summed E-state index contributed by atoms with van der Waals surface area (Å²) in [5.74, 6) is 0.0835. The van der Waals surface area contributed by atoms with Crippen LogP contribution in [0.5, 0.6) is 0 Å². The Morgan fingerprint density at radius 1 is 1.17 bits per heavy atom. The molecule has 0 spiro atoms.